The Balaban J connectivity index is 1.91. The van der Waals surface area contributed by atoms with Crippen molar-refractivity contribution < 1.29 is 14.7 Å². The van der Waals surface area contributed by atoms with Crippen LogP contribution in [0.4, 0.5) is 0 Å². The molecule has 5 heteroatoms. The van der Waals surface area contributed by atoms with E-state index in [1.165, 1.54) is 22.2 Å². The minimum absolute atomic E-state index is 0.0376. The number of hydrogen-bond acceptors (Lipinski definition) is 2. The molecule has 0 saturated carbocycles. The molecule has 1 heterocycles. The maximum Gasteiger partial charge on any atom is 0.303 e. The van der Waals surface area contributed by atoms with Crippen LogP contribution in [0, 0.1) is 6.92 Å². The summed E-state index contributed by atoms with van der Waals surface area (Å²) in [6, 6.07) is 8.24. The van der Waals surface area contributed by atoms with Crippen molar-refractivity contribution in [1.29, 1.82) is 0 Å². The summed E-state index contributed by atoms with van der Waals surface area (Å²) in [5, 5.41) is 12.6. The molecular weight excluding hydrogens is 280 g/mol. The zero-order valence-electron chi connectivity index (χ0n) is 13.1. The number of nitrogens with zero attached hydrogens (tertiary/aromatic N) is 1. The molecule has 0 aliphatic rings. The Bertz CT molecular complexity index is 689. The first kappa shape index (κ1) is 16.1. The topological polar surface area (TPSA) is 71.3 Å². The molecule has 2 N–H and O–H groups in total. The first-order chi connectivity index (χ1) is 10.5. The van der Waals surface area contributed by atoms with Gasteiger partial charge in [-0.3, -0.25) is 9.59 Å². The number of rotatable bonds is 7. The fraction of sp³-hybridized carbons (Fsp3) is 0.412. The van der Waals surface area contributed by atoms with Crippen molar-refractivity contribution in [2.75, 3.05) is 6.54 Å². The molecule has 118 valence electrons. The second-order valence-corrected chi connectivity index (χ2v) is 5.49. The van der Waals surface area contributed by atoms with Crippen LogP contribution in [0.1, 0.15) is 30.5 Å². The van der Waals surface area contributed by atoms with Crippen LogP contribution >= 0.6 is 0 Å². The standard InChI is InChI=1S/C17H22N2O3/c1-12-13(14-6-3-4-7-15(14)19(12)2)10-11-18-16(20)8-5-9-17(21)22/h3-4,6-7H,5,8-11H2,1-2H3,(H,18,20)(H,21,22). The van der Waals surface area contributed by atoms with Gasteiger partial charge in [0.05, 0.1) is 0 Å². The number of aryl methyl sites for hydroxylation is 1. The van der Waals surface area contributed by atoms with Gasteiger partial charge in [0.2, 0.25) is 5.91 Å². The summed E-state index contributed by atoms with van der Waals surface area (Å²) in [5.74, 6) is -0.946. The van der Waals surface area contributed by atoms with Gasteiger partial charge in [0.1, 0.15) is 0 Å². The normalized spacial score (nSPS) is 10.8. The third-order valence-corrected chi connectivity index (χ3v) is 4.02. The number of amides is 1. The summed E-state index contributed by atoms with van der Waals surface area (Å²) in [6.45, 7) is 2.66. The zero-order valence-corrected chi connectivity index (χ0v) is 13.1. The number of para-hydroxylation sites is 1. The highest BCUT2D eigenvalue weighted by atomic mass is 16.4. The van der Waals surface area contributed by atoms with Gasteiger partial charge >= 0.3 is 5.97 Å². The van der Waals surface area contributed by atoms with E-state index in [9.17, 15) is 9.59 Å². The number of carboxylic acids is 1. The van der Waals surface area contributed by atoms with Crippen molar-refractivity contribution in [1.82, 2.24) is 9.88 Å². The molecule has 0 spiro atoms. The molecule has 1 aromatic heterocycles. The number of carbonyl (C=O) groups is 2. The van der Waals surface area contributed by atoms with Gasteiger partial charge in [-0.25, -0.2) is 0 Å². The van der Waals surface area contributed by atoms with Gasteiger partial charge in [-0.1, -0.05) is 18.2 Å². The molecule has 0 aliphatic heterocycles. The number of nitrogens with one attached hydrogen (secondary N) is 1. The lowest BCUT2D eigenvalue weighted by Gasteiger charge is -2.06. The summed E-state index contributed by atoms with van der Waals surface area (Å²) < 4.78 is 2.17. The number of aromatic nitrogens is 1. The number of aliphatic carboxylic acids is 1. The quantitative estimate of drug-likeness (QED) is 0.825. The number of carboxylic acid groups (broad SMARTS) is 1. The second kappa shape index (κ2) is 7.11. The lowest BCUT2D eigenvalue weighted by atomic mass is 10.1. The van der Waals surface area contributed by atoms with E-state index in [0.717, 1.165) is 6.42 Å². The van der Waals surface area contributed by atoms with Crippen LogP contribution < -0.4 is 5.32 Å². The molecule has 1 aromatic carbocycles. The maximum atomic E-state index is 11.7. The summed E-state index contributed by atoms with van der Waals surface area (Å²) in [7, 11) is 2.05. The maximum absolute atomic E-state index is 11.7. The second-order valence-electron chi connectivity index (χ2n) is 5.49. The van der Waals surface area contributed by atoms with Gasteiger partial charge in [-0.2, -0.15) is 0 Å². The van der Waals surface area contributed by atoms with Crippen LogP contribution in [0.2, 0.25) is 0 Å². The highest BCUT2D eigenvalue weighted by Gasteiger charge is 2.11. The van der Waals surface area contributed by atoms with Crippen molar-refractivity contribution in [2.24, 2.45) is 7.05 Å². The van der Waals surface area contributed by atoms with E-state index >= 15 is 0 Å². The van der Waals surface area contributed by atoms with Crippen molar-refractivity contribution in [3.05, 3.63) is 35.5 Å². The molecule has 2 rings (SSSR count). The van der Waals surface area contributed by atoms with Crippen LogP contribution in [-0.2, 0) is 23.1 Å². The molecular formula is C17H22N2O3. The van der Waals surface area contributed by atoms with E-state index in [0.29, 0.717) is 13.0 Å². The Morgan fingerprint density at radius 2 is 1.95 bits per heavy atom. The van der Waals surface area contributed by atoms with Crippen LogP contribution in [-0.4, -0.2) is 28.1 Å². The fourth-order valence-corrected chi connectivity index (χ4v) is 2.73. The Kier molecular flexibility index (Phi) is 5.20. The van der Waals surface area contributed by atoms with E-state index in [4.69, 9.17) is 5.11 Å². The van der Waals surface area contributed by atoms with E-state index in [1.54, 1.807) is 0 Å². The average molecular weight is 302 g/mol. The SMILES string of the molecule is Cc1c(CCNC(=O)CCCC(=O)O)c2ccccc2n1C. The van der Waals surface area contributed by atoms with Crippen LogP contribution in [0.5, 0.6) is 0 Å². The first-order valence-corrected chi connectivity index (χ1v) is 7.52. The van der Waals surface area contributed by atoms with Crippen LogP contribution in [0.25, 0.3) is 10.9 Å². The number of benzene rings is 1. The molecule has 5 nitrogen and oxygen atoms in total. The van der Waals surface area contributed by atoms with Gasteiger partial charge < -0.3 is 15.0 Å². The Morgan fingerprint density at radius 1 is 1.23 bits per heavy atom. The molecule has 0 radical (unpaired) electrons. The summed E-state index contributed by atoms with van der Waals surface area (Å²) >= 11 is 0. The largest absolute Gasteiger partial charge is 0.481 e. The monoisotopic (exact) mass is 302 g/mol. The lowest BCUT2D eigenvalue weighted by Crippen LogP contribution is -2.25. The molecule has 0 atom stereocenters. The summed E-state index contributed by atoms with van der Waals surface area (Å²) in [5.41, 5.74) is 3.66. The molecule has 0 unspecified atom stereocenters. The number of carbonyl (C=O) groups excluding carboxylic acids is 1. The van der Waals surface area contributed by atoms with Gasteiger partial charge in [-0.15, -0.1) is 0 Å². The van der Waals surface area contributed by atoms with Gasteiger partial charge in [0, 0.05) is 43.0 Å². The van der Waals surface area contributed by atoms with E-state index < -0.39 is 5.97 Å². The molecule has 22 heavy (non-hydrogen) atoms. The molecule has 0 saturated heterocycles. The highest BCUT2D eigenvalue weighted by molar-refractivity contribution is 5.85. The van der Waals surface area contributed by atoms with Gasteiger partial charge in [0.25, 0.3) is 0 Å². The van der Waals surface area contributed by atoms with Crippen molar-refractivity contribution in [2.45, 2.75) is 32.6 Å². The first-order valence-electron chi connectivity index (χ1n) is 7.52. The number of hydrogen-bond donors (Lipinski definition) is 2. The van der Waals surface area contributed by atoms with Gasteiger partial charge in [0.15, 0.2) is 0 Å². The number of fused-ring (bicyclic) bond motifs is 1. The van der Waals surface area contributed by atoms with E-state index in [2.05, 4.69) is 28.9 Å². The predicted molar refractivity (Wildman–Crippen MR) is 85.9 cm³/mol. The van der Waals surface area contributed by atoms with Crippen molar-refractivity contribution in [3.63, 3.8) is 0 Å². The Morgan fingerprint density at radius 3 is 2.68 bits per heavy atom. The van der Waals surface area contributed by atoms with Crippen molar-refractivity contribution in [3.8, 4) is 0 Å². The third-order valence-electron chi connectivity index (χ3n) is 4.02. The lowest BCUT2D eigenvalue weighted by molar-refractivity contribution is -0.137. The predicted octanol–water partition coefficient (Wildman–Crippen LogP) is 2.40. The van der Waals surface area contributed by atoms with E-state index in [-0.39, 0.29) is 18.7 Å². The Labute approximate surface area is 129 Å². The third kappa shape index (κ3) is 3.67. The van der Waals surface area contributed by atoms with E-state index in [1.807, 2.05) is 19.2 Å². The fourth-order valence-electron chi connectivity index (χ4n) is 2.73. The molecule has 0 aliphatic carbocycles. The van der Waals surface area contributed by atoms with Crippen LogP contribution in [0.3, 0.4) is 0 Å². The summed E-state index contributed by atoms with van der Waals surface area (Å²) in [6.07, 6.45) is 1.46. The smallest absolute Gasteiger partial charge is 0.303 e. The molecule has 0 bridgehead atoms. The minimum atomic E-state index is -0.862. The Hall–Kier alpha value is -2.30. The summed E-state index contributed by atoms with van der Waals surface area (Å²) in [4.78, 5) is 22.1. The average Bonchev–Trinajstić information content (AvgIpc) is 2.72. The highest BCUT2D eigenvalue weighted by Crippen LogP contribution is 2.24. The molecule has 2 aromatic rings. The van der Waals surface area contributed by atoms with Crippen LogP contribution in [0.15, 0.2) is 24.3 Å². The molecule has 0 fully saturated rings. The minimum Gasteiger partial charge on any atom is -0.481 e. The molecule has 1 amide bonds. The van der Waals surface area contributed by atoms with Crippen molar-refractivity contribution >= 4 is 22.8 Å². The zero-order chi connectivity index (χ0) is 16.1. The van der Waals surface area contributed by atoms with Gasteiger partial charge in [-0.05, 0) is 31.4 Å².